The number of rotatable bonds is 6. The fraction of sp³-hybridized carbons (Fsp3) is 0.533. The molecule has 1 amide bonds. The average Bonchev–Trinajstić information content (AvgIpc) is 2.35. The molecular weight excluding hydrogens is 304 g/mol. The first-order valence-corrected chi connectivity index (χ1v) is 7.49. The number of nitrogens with one attached hydrogen (secondary N) is 1. The van der Waals surface area contributed by atoms with Gasteiger partial charge in [0, 0.05) is 11.0 Å². The van der Waals surface area contributed by atoms with E-state index in [4.69, 9.17) is 5.73 Å². The van der Waals surface area contributed by atoms with E-state index in [2.05, 4.69) is 35.1 Å². The number of carbonyl (C=O) groups is 1. The van der Waals surface area contributed by atoms with Crippen LogP contribution >= 0.6 is 15.9 Å². The number of nitrogens with two attached hydrogens (primary N) is 1. The molecule has 0 aliphatic rings. The molecule has 0 aliphatic heterocycles. The average molecular weight is 327 g/mol. The third kappa shape index (κ3) is 4.96. The van der Waals surface area contributed by atoms with Gasteiger partial charge in [0.1, 0.15) is 0 Å². The Morgan fingerprint density at radius 2 is 1.95 bits per heavy atom. The smallest absolute Gasteiger partial charge is 0.224 e. The van der Waals surface area contributed by atoms with Crippen molar-refractivity contribution in [1.82, 2.24) is 5.32 Å². The van der Waals surface area contributed by atoms with E-state index in [1.54, 1.807) is 0 Å². The van der Waals surface area contributed by atoms with Crippen LogP contribution in [0.15, 0.2) is 28.7 Å². The van der Waals surface area contributed by atoms with E-state index in [0.29, 0.717) is 12.5 Å². The molecule has 0 spiro atoms. The van der Waals surface area contributed by atoms with Gasteiger partial charge in [-0.25, -0.2) is 0 Å². The normalized spacial score (nSPS) is 14.2. The summed E-state index contributed by atoms with van der Waals surface area (Å²) in [6, 6.07) is 7.90. The van der Waals surface area contributed by atoms with E-state index >= 15 is 0 Å². The molecule has 2 atom stereocenters. The maximum atomic E-state index is 12.2. The minimum absolute atomic E-state index is 0.0238. The van der Waals surface area contributed by atoms with Crippen molar-refractivity contribution >= 4 is 21.8 Å². The Hall–Kier alpha value is -0.870. The molecule has 106 valence electrons. The Kier molecular flexibility index (Phi) is 6.52. The first kappa shape index (κ1) is 16.2. The molecule has 0 aliphatic carbocycles. The Morgan fingerprint density at radius 1 is 1.32 bits per heavy atom. The van der Waals surface area contributed by atoms with Crippen LogP contribution in [0.2, 0.25) is 0 Å². The fourth-order valence-corrected chi connectivity index (χ4v) is 2.74. The van der Waals surface area contributed by atoms with Gasteiger partial charge in [0.25, 0.3) is 0 Å². The summed E-state index contributed by atoms with van der Waals surface area (Å²) in [6.45, 7) is 6.59. The molecule has 0 bridgehead atoms. The van der Waals surface area contributed by atoms with Crippen molar-refractivity contribution in [3.05, 3.63) is 34.3 Å². The van der Waals surface area contributed by atoms with E-state index in [1.807, 2.05) is 31.2 Å². The maximum Gasteiger partial charge on any atom is 0.224 e. The van der Waals surface area contributed by atoms with Gasteiger partial charge in [0.15, 0.2) is 0 Å². The Balaban J connectivity index is 2.68. The van der Waals surface area contributed by atoms with Gasteiger partial charge in [0.05, 0.1) is 12.0 Å². The Bertz CT molecular complexity index is 420. The first-order valence-electron chi connectivity index (χ1n) is 6.70. The van der Waals surface area contributed by atoms with E-state index < -0.39 is 0 Å². The van der Waals surface area contributed by atoms with Gasteiger partial charge >= 0.3 is 0 Å². The first-order chi connectivity index (χ1) is 8.95. The molecular formula is C15H23BrN2O. The highest BCUT2D eigenvalue weighted by molar-refractivity contribution is 9.10. The molecule has 3 nitrogen and oxygen atoms in total. The van der Waals surface area contributed by atoms with Crippen LogP contribution in [0.4, 0.5) is 0 Å². The van der Waals surface area contributed by atoms with Crippen molar-refractivity contribution in [3.8, 4) is 0 Å². The minimum atomic E-state index is -0.107. The second-order valence-corrected chi connectivity index (χ2v) is 6.17. The lowest BCUT2D eigenvalue weighted by Crippen LogP contribution is -2.37. The van der Waals surface area contributed by atoms with E-state index in [-0.39, 0.29) is 17.9 Å². The Labute approximate surface area is 124 Å². The molecule has 0 fully saturated rings. The molecule has 0 heterocycles. The predicted molar refractivity (Wildman–Crippen MR) is 82.7 cm³/mol. The SMILES string of the molecule is CC(C)CC(CN)C(=O)NC(C)c1ccccc1Br. The summed E-state index contributed by atoms with van der Waals surface area (Å²) in [5.74, 6) is 0.405. The molecule has 0 radical (unpaired) electrons. The van der Waals surface area contributed by atoms with Gasteiger partial charge < -0.3 is 11.1 Å². The second kappa shape index (κ2) is 7.65. The quantitative estimate of drug-likeness (QED) is 0.843. The highest BCUT2D eigenvalue weighted by atomic mass is 79.9. The summed E-state index contributed by atoms with van der Waals surface area (Å²) in [6.07, 6.45) is 0.824. The summed E-state index contributed by atoms with van der Waals surface area (Å²) < 4.78 is 1.01. The van der Waals surface area contributed by atoms with E-state index in [0.717, 1.165) is 16.5 Å². The van der Waals surface area contributed by atoms with Gasteiger partial charge in [-0.05, 0) is 30.9 Å². The van der Waals surface area contributed by atoms with Crippen LogP contribution in [0, 0.1) is 11.8 Å². The number of hydrogen-bond acceptors (Lipinski definition) is 2. The van der Waals surface area contributed by atoms with Crippen LogP contribution in [0.1, 0.15) is 38.8 Å². The Morgan fingerprint density at radius 3 is 2.47 bits per heavy atom. The summed E-state index contributed by atoms with van der Waals surface area (Å²) in [7, 11) is 0. The summed E-state index contributed by atoms with van der Waals surface area (Å²) >= 11 is 3.51. The summed E-state index contributed by atoms with van der Waals surface area (Å²) in [5, 5.41) is 3.04. The van der Waals surface area contributed by atoms with Gasteiger partial charge in [-0.2, -0.15) is 0 Å². The molecule has 3 N–H and O–H groups in total. The molecule has 1 aromatic carbocycles. The van der Waals surface area contributed by atoms with E-state index in [1.165, 1.54) is 0 Å². The molecule has 0 saturated carbocycles. The number of hydrogen-bond donors (Lipinski definition) is 2. The number of carbonyl (C=O) groups excluding carboxylic acids is 1. The zero-order chi connectivity index (χ0) is 14.4. The van der Waals surface area contributed by atoms with Crippen LogP contribution in [-0.4, -0.2) is 12.5 Å². The lowest BCUT2D eigenvalue weighted by molar-refractivity contribution is -0.125. The highest BCUT2D eigenvalue weighted by Crippen LogP contribution is 2.23. The van der Waals surface area contributed by atoms with Crippen molar-refractivity contribution in [2.45, 2.75) is 33.2 Å². The molecule has 4 heteroatoms. The van der Waals surface area contributed by atoms with Crippen LogP contribution in [0.5, 0.6) is 0 Å². The fourth-order valence-electron chi connectivity index (χ4n) is 2.11. The van der Waals surface area contributed by atoms with Gasteiger partial charge in [-0.15, -0.1) is 0 Å². The topological polar surface area (TPSA) is 55.1 Å². The minimum Gasteiger partial charge on any atom is -0.349 e. The van der Waals surface area contributed by atoms with Crippen LogP contribution in [-0.2, 0) is 4.79 Å². The number of amides is 1. The number of benzene rings is 1. The lowest BCUT2D eigenvalue weighted by Gasteiger charge is -2.21. The van der Waals surface area contributed by atoms with Crippen LogP contribution in [0.3, 0.4) is 0 Å². The highest BCUT2D eigenvalue weighted by Gasteiger charge is 2.20. The zero-order valence-corrected chi connectivity index (χ0v) is 13.4. The molecule has 2 unspecified atom stereocenters. The van der Waals surface area contributed by atoms with Crippen molar-refractivity contribution in [2.75, 3.05) is 6.54 Å². The van der Waals surface area contributed by atoms with Crippen molar-refractivity contribution in [3.63, 3.8) is 0 Å². The molecule has 1 aromatic rings. The van der Waals surface area contributed by atoms with Gasteiger partial charge in [0.2, 0.25) is 5.91 Å². The zero-order valence-electron chi connectivity index (χ0n) is 11.8. The lowest BCUT2D eigenvalue weighted by atomic mass is 9.96. The predicted octanol–water partition coefficient (Wildman–Crippen LogP) is 3.25. The third-order valence-corrected chi connectivity index (χ3v) is 3.86. The van der Waals surface area contributed by atoms with Crippen molar-refractivity contribution in [1.29, 1.82) is 0 Å². The maximum absolute atomic E-state index is 12.2. The monoisotopic (exact) mass is 326 g/mol. The largest absolute Gasteiger partial charge is 0.349 e. The molecule has 0 saturated heterocycles. The third-order valence-electron chi connectivity index (χ3n) is 3.14. The summed E-state index contributed by atoms with van der Waals surface area (Å²) in [5.41, 5.74) is 6.78. The van der Waals surface area contributed by atoms with Crippen LogP contribution in [0.25, 0.3) is 0 Å². The van der Waals surface area contributed by atoms with Crippen molar-refractivity contribution < 1.29 is 4.79 Å². The summed E-state index contributed by atoms with van der Waals surface area (Å²) in [4.78, 5) is 12.2. The molecule has 1 rings (SSSR count). The van der Waals surface area contributed by atoms with Gasteiger partial charge in [-0.1, -0.05) is 48.0 Å². The molecule has 0 aromatic heterocycles. The number of halogens is 1. The second-order valence-electron chi connectivity index (χ2n) is 5.31. The molecule has 19 heavy (non-hydrogen) atoms. The van der Waals surface area contributed by atoms with Crippen LogP contribution < -0.4 is 11.1 Å². The van der Waals surface area contributed by atoms with E-state index in [9.17, 15) is 4.79 Å². The van der Waals surface area contributed by atoms with Crippen molar-refractivity contribution in [2.24, 2.45) is 17.6 Å². The van der Waals surface area contributed by atoms with Gasteiger partial charge in [-0.3, -0.25) is 4.79 Å². The standard InChI is InChI=1S/C15H23BrN2O/c1-10(2)8-12(9-17)15(19)18-11(3)13-6-4-5-7-14(13)16/h4-7,10-12H,8-9,17H2,1-3H3,(H,18,19).